The van der Waals surface area contributed by atoms with E-state index >= 15 is 0 Å². The van der Waals surface area contributed by atoms with Crippen molar-refractivity contribution in [3.63, 3.8) is 0 Å². The Kier molecular flexibility index (Phi) is 4.47. The van der Waals surface area contributed by atoms with Crippen LogP contribution in [0.3, 0.4) is 0 Å². The fourth-order valence-corrected chi connectivity index (χ4v) is 2.33. The number of aromatic nitrogens is 2. The standard InChI is InChI=1S/C13H21FN4/c1-10(2)8-18(9-12-4-3-5-15-12)13-16-6-11(14)7-17-13/h6-7,10,12,15H,3-5,8-9H2,1-2H3. The Bertz CT molecular complexity index is 360. The summed E-state index contributed by atoms with van der Waals surface area (Å²) < 4.78 is 12.9. The van der Waals surface area contributed by atoms with Gasteiger partial charge in [-0.1, -0.05) is 13.8 Å². The fourth-order valence-electron chi connectivity index (χ4n) is 2.33. The van der Waals surface area contributed by atoms with Gasteiger partial charge in [-0.2, -0.15) is 0 Å². The summed E-state index contributed by atoms with van der Waals surface area (Å²) in [5, 5.41) is 3.47. The second-order valence-corrected chi connectivity index (χ2v) is 5.29. The smallest absolute Gasteiger partial charge is 0.225 e. The summed E-state index contributed by atoms with van der Waals surface area (Å²) in [6.07, 6.45) is 4.88. The molecular formula is C13H21FN4. The highest BCUT2D eigenvalue weighted by Crippen LogP contribution is 2.14. The van der Waals surface area contributed by atoms with Crippen molar-refractivity contribution in [1.82, 2.24) is 15.3 Å². The molecule has 0 bridgehead atoms. The molecule has 1 fully saturated rings. The average molecular weight is 252 g/mol. The maximum absolute atomic E-state index is 12.9. The molecule has 0 amide bonds. The van der Waals surface area contributed by atoms with Gasteiger partial charge in [0.1, 0.15) is 0 Å². The Morgan fingerprint density at radius 2 is 2.17 bits per heavy atom. The highest BCUT2D eigenvalue weighted by Gasteiger charge is 2.20. The van der Waals surface area contributed by atoms with Crippen LogP contribution in [-0.4, -0.2) is 35.6 Å². The van der Waals surface area contributed by atoms with Gasteiger partial charge in [0.15, 0.2) is 5.82 Å². The second-order valence-electron chi connectivity index (χ2n) is 5.29. The van der Waals surface area contributed by atoms with Crippen molar-refractivity contribution in [2.24, 2.45) is 5.92 Å². The molecule has 0 aliphatic carbocycles. The number of hydrogen-bond acceptors (Lipinski definition) is 4. The third kappa shape index (κ3) is 3.63. The molecule has 5 heteroatoms. The lowest BCUT2D eigenvalue weighted by atomic mass is 10.1. The van der Waals surface area contributed by atoms with Crippen molar-refractivity contribution in [2.75, 3.05) is 24.5 Å². The molecule has 1 aliphatic rings. The van der Waals surface area contributed by atoms with Gasteiger partial charge in [-0.3, -0.25) is 0 Å². The SMILES string of the molecule is CC(C)CN(CC1CCCN1)c1ncc(F)cn1. The number of halogens is 1. The molecule has 1 aromatic heterocycles. The molecule has 1 N–H and O–H groups in total. The predicted octanol–water partition coefficient (Wildman–Crippen LogP) is 1.83. The number of rotatable bonds is 5. The molecule has 1 saturated heterocycles. The van der Waals surface area contributed by atoms with Crippen molar-refractivity contribution in [1.29, 1.82) is 0 Å². The van der Waals surface area contributed by atoms with E-state index in [4.69, 9.17) is 0 Å². The summed E-state index contributed by atoms with van der Waals surface area (Å²) in [5.41, 5.74) is 0. The van der Waals surface area contributed by atoms with Gasteiger partial charge in [-0.15, -0.1) is 0 Å². The van der Waals surface area contributed by atoms with Crippen molar-refractivity contribution >= 4 is 5.95 Å². The fraction of sp³-hybridized carbons (Fsp3) is 0.692. The quantitative estimate of drug-likeness (QED) is 0.868. The molecule has 0 aromatic carbocycles. The van der Waals surface area contributed by atoms with Crippen LogP contribution < -0.4 is 10.2 Å². The zero-order valence-electron chi connectivity index (χ0n) is 11.1. The summed E-state index contributed by atoms with van der Waals surface area (Å²) in [7, 11) is 0. The Balaban J connectivity index is 2.05. The minimum absolute atomic E-state index is 0.387. The third-order valence-corrected chi connectivity index (χ3v) is 3.08. The molecular weight excluding hydrogens is 231 g/mol. The van der Waals surface area contributed by atoms with Gasteiger partial charge < -0.3 is 10.2 Å². The van der Waals surface area contributed by atoms with Gasteiger partial charge in [-0.05, 0) is 25.3 Å². The average Bonchev–Trinajstić information content (AvgIpc) is 2.81. The Morgan fingerprint density at radius 3 is 2.72 bits per heavy atom. The number of anilines is 1. The van der Waals surface area contributed by atoms with Gasteiger partial charge in [-0.25, -0.2) is 14.4 Å². The van der Waals surface area contributed by atoms with Gasteiger partial charge >= 0.3 is 0 Å². The normalized spacial score (nSPS) is 19.4. The van der Waals surface area contributed by atoms with Gasteiger partial charge in [0.05, 0.1) is 12.4 Å². The highest BCUT2D eigenvalue weighted by molar-refractivity contribution is 5.29. The molecule has 0 spiro atoms. The zero-order chi connectivity index (χ0) is 13.0. The summed E-state index contributed by atoms with van der Waals surface area (Å²) in [6.45, 7) is 7.20. The summed E-state index contributed by atoms with van der Waals surface area (Å²) >= 11 is 0. The van der Waals surface area contributed by atoms with Crippen LogP contribution in [0.2, 0.25) is 0 Å². The molecule has 0 radical (unpaired) electrons. The first-order valence-electron chi connectivity index (χ1n) is 6.61. The van der Waals surface area contributed by atoms with E-state index in [9.17, 15) is 4.39 Å². The topological polar surface area (TPSA) is 41.0 Å². The Hall–Kier alpha value is -1.23. The molecule has 1 aliphatic heterocycles. The van der Waals surface area contributed by atoms with Crippen LogP contribution in [0.4, 0.5) is 10.3 Å². The van der Waals surface area contributed by atoms with Gasteiger partial charge in [0.2, 0.25) is 5.95 Å². The molecule has 1 aromatic rings. The second kappa shape index (κ2) is 6.09. The lowest BCUT2D eigenvalue weighted by Gasteiger charge is -2.27. The zero-order valence-corrected chi connectivity index (χ0v) is 11.1. The van der Waals surface area contributed by atoms with E-state index in [0.29, 0.717) is 17.9 Å². The molecule has 4 nitrogen and oxygen atoms in total. The molecule has 2 rings (SSSR count). The largest absolute Gasteiger partial charge is 0.339 e. The molecule has 1 atom stereocenters. The van der Waals surface area contributed by atoms with Crippen molar-refractivity contribution < 1.29 is 4.39 Å². The van der Waals surface area contributed by atoms with Crippen molar-refractivity contribution in [2.45, 2.75) is 32.7 Å². The maximum atomic E-state index is 12.9. The van der Waals surface area contributed by atoms with E-state index < -0.39 is 0 Å². The van der Waals surface area contributed by atoms with Crippen LogP contribution in [-0.2, 0) is 0 Å². The van der Waals surface area contributed by atoms with Gasteiger partial charge in [0.25, 0.3) is 0 Å². The molecule has 0 saturated carbocycles. The van der Waals surface area contributed by atoms with Crippen LogP contribution in [0.1, 0.15) is 26.7 Å². The lowest BCUT2D eigenvalue weighted by Crippen LogP contribution is -2.40. The molecule has 1 unspecified atom stereocenters. The van der Waals surface area contributed by atoms with E-state index in [1.807, 2.05) is 0 Å². The first kappa shape index (κ1) is 13.2. The maximum Gasteiger partial charge on any atom is 0.225 e. The van der Waals surface area contributed by atoms with Crippen molar-refractivity contribution in [3.05, 3.63) is 18.2 Å². The van der Waals surface area contributed by atoms with Crippen molar-refractivity contribution in [3.8, 4) is 0 Å². The summed E-state index contributed by atoms with van der Waals surface area (Å²) in [4.78, 5) is 10.3. The van der Waals surface area contributed by atoms with Crippen LogP contribution in [0.5, 0.6) is 0 Å². The minimum Gasteiger partial charge on any atom is -0.339 e. The van der Waals surface area contributed by atoms with E-state index in [0.717, 1.165) is 19.6 Å². The van der Waals surface area contributed by atoms with E-state index in [-0.39, 0.29) is 5.82 Å². The predicted molar refractivity (Wildman–Crippen MR) is 70.1 cm³/mol. The van der Waals surface area contributed by atoms with E-state index in [1.54, 1.807) is 0 Å². The third-order valence-electron chi connectivity index (χ3n) is 3.08. The Labute approximate surface area is 108 Å². The monoisotopic (exact) mass is 252 g/mol. The van der Waals surface area contributed by atoms with Crippen LogP contribution >= 0.6 is 0 Å². The highest BCUT2D eigenvalue weighted by atomic mass is 19.1. The van der Waals surface area contributed by atoms with E-state index in [1.165, 1.54) is 25.2 Å². The first-order chi connectivity index (χ1) is 8.65. The van der Waals surface area contributed by atoms with Crippen LogP contribution in [0, 0.1) is 11.7 Å². The minimum atomic E-state index is -0.387. The van der Waals surface area contributed by atoms with Gasteiger partial charge in [0, 0.05) is 19.1 Å². The molecule has 18 heavy (non-hydrogen) atoms. The van der Waals surface area contributed by atoms with Crippen LogP contribution in [0.25, 0.3) is 0 Å². The first-order valence-corrected chi connectivity index (χ1v) is 6.61. The molecule has 2 heterocycles. The number of nitrogens with one attached hydrogen (secondary N) is 1. The number of nitrogens with zero attached hydrogens (tertiary/aromatic N) is 3. The summed E-state index contributed by atoms with van der Waals surface area (Å²) in [5.74, 6) is 0.765. The lowest BCUT2D eigenvalue weighted by molar-refractivity contribution is 0.531. The van der Waals surface area contributed by atoms with Crippen LogP contribution in [0.15, 0.2) is 12.4 Å². The Morgan fingerprint density at radius 1 is 1.44 bits per heavy atom. The number of hydrogen-bond donors (Lipinski definition) is 1. The summed E-state index contributed by atoms with van der Waals surface area (Å²) in [6, 6.07) is 0.498. The van der Waals surface area contributed by atoms with E-state index in [2.05, 4.69) is 34.0 Å². The molecule has 100 valence electrons.